The number of para-hydroxylation sites is 1. The Kier molecular flexibility index (Phi) is 5.29. The SMILES string of the molecule is Cc1c(C(=O)Nc2ccccc2SC2CCCC2)cnn1-c1ccc(=O)[nH]n1. The molecule has 144 valence electrons. The molecule has 0 saturated heterocycles. The van der Waals surface area contributed by atoms with E-state index in [-0.39, 0.29) is 11.5 Å². The quantitative estimate of drug-likeness (QED) is 0.689. The van der Waals surface area contributed by atoms with Crippen molar-refractivity contribution in [3.63, 3.8) is 0 Å². The van der Waals surface area contributed by atoms with Crippen molar-refractivity contribution in [2.45, 2.75) is 42.8 Å². The first kappa shape index (κ1) is 18.5. The number of rotatable bonds is 5. The van der Waals surface area contributed by atoms with Crippen LogP contribution in [0.2, 0.25) is 0 Å². The lowest BCUT2D eigenvalue weighted by molar-refractivity contribution is 0.102. The van der Waals surface area contributed by atoms with Crippen LogP contribution in [0.25, 0.3) is 5.82 Å². The van der Waals surface area contributed by atoms with Gasteiger partial charge in [-0.1, -0.05) is 25.0 Å². The number of thioether (sulfide) groups is 1. The molecule has 0 spiro atoms. The van der Waals surface area contributed by atoms with E-state index in [4.69, 9.17) is 0 Å². The van der Waals surface area contributed by atoms with Gasteiger partial charge in [-0.15, -0.1) is 11.8 Å². The average molecular weight is 395 g/mol. The zero-order chi connectivity index (χ0) is 19.5. The van der Waals surface area contributed by atoms with Crippen molar-refractivity contribution in [1.82, 2.24) is 20.0 Å². The van der Waals surface area contributed by atoms with Gasteiger partial charge in [0.2, 0.25) is 0 Å². The van der Waals surface area contributed by atoms with Gasteiger partial charge < -0.3 is 5.32 Å². The van der Waals surface area contributed by atoms with Crippen LogP contribution in [0.5, 0.6) is 0 Å². The van der Waals surface area contributed by atoms with Gasteiger partial charge in [0.05, 0.1) is 23.1 Å². The number of nitrogens with one attached hydrogen (secondary N) is 2. The van der Waals surface area contributed by atoms with E-state index in [2.05, 4.69) is 26.7 Å². The Balaban J connectivity index is 1.55. The topological polar surface area (TPSA) is 92.7 Å². The summed E-state index contributed by atoms with van der Waals surface area (Å²) in [6.45, 7) is 1.80. The van der Waals surface area contributed by atoms with Gasteiger partial charge in [-0.05, 0) is 38.0 Å². The van der Waals surface area contributed by atoms with Crippen LogP contribution in [0.15, 0.2) is 52.3 Å². The Morgan fingerprint density at radius 3 is 2.75 bits per heavy atom. The van der Waals surface area contributed by atoms with Gasteiger partial charge in [0, 0.05) is 16.2 Å². The number of hydrogen-bond acceptors (Lipinski definition) is 5. The van der Waals surface area contributed by atoms with Crippen molar-refractivity contribution in [2.75, 3.05) is 5.32 Å². The predicted octanol–water partition coefficient (Wildman–Crippen LogP) is 3.55. The Morgan fingerprint density at radius 1 is 1.21 bits per heavy atom. The second-order valence-corrected chi connectivity index (χ2v) is 8.15. The number of nitrogens with zero attached hydrogens (tertiary/aromatic N) is 3. The van der Waals surface area contributed by atoms with Crippen molar-refractivity contribution in [3.8, 4) is 5.82 Å². The minimum atomic E-state index is -0.289. The minimum absolute atomic E-state index is 0.215. The molecule has 1 aliphatic carbocycles. The molecule has 0 unspecified atom stereocenters. The number of benzene rings is 1. The third-order valence-corrected chi connectivity index (χ3v) is 6.28. The smallest absolute Gasteiger partial charge is 0.264 e. The van der Waals surface area contributed by atoms with E-state index in [9.17, 15) is 9.59 Å². The summed E-state index contributed by atoms with van der Waals surface area (Å²) in [5.74, 6) is 0.237. The molecule has 1 fully saturated rings. The number of aromatic amines is 1. The van der Waals surface area contributed by atoms with Crippen LogP contribution in [0.4, 0.5) is 5.69 Å². The molecular weight excluding hydrogens is 374 g/mol. The molecule has 1 saturated carbocycles. The zero-order valence-electron chi connectivity index (χ0n) is 15.5. The first-order chi connectivity index (χ1) is 13.6. The average Bonchev–Trinajstić information content (AvgIpc) is 3.34. The fourth-order valence-electron chi connectivity index (χ4n) is 3.37. The second kappa shape index (κ2) is 8.02. The zero-order valence-corrected chi connectivity index (χ0v) is 16.3. The van der Waals surface area contributed by atoms with Crippen molar-refractivity contribution >= 4 is 23.4 Å². The van der Waals surface area contributed by atoms with Gasteiger partial charge in [-0.2, -0.15) is 10.2 Å². The van der Waals surface area contributed by atoms with Crippen molar-refractivity contribution < 1.29 is 4.79 Å². The molecule has 3 aromatic rings. The van der Waals surface area contributed by atoms with Gasteiger partial charge in [-0.3, -0.25) is 9.59 Å². The predicted molar refractivity (Wildman–Crippen MR) is 109 cm³/mol. The van der Waals surface area contributed by atoms with Crippen LogP contribution in [0.1, 0.15) is 41.7 Å². The molecule has 2 aromatic heterocycles. The molecule has 1 amide bonds. The summed E-state index contributed by atoms with van der Waals surface area (Å²) in [5.41, 5.74) is 1.65. The number of anilines is 1. The normalized spacial score (nSPS) is 14.3. The largest absolute Gasteiger partial charge is 0.321 e. The Morgan fingerprint density at radius 2 is 2.00 bits per heavy atom. The lowest BCUT2D eigenvalue weighted by Gasteiger charge is -2.14. The molecule has 0 atom stereocenters. The summed E-state index contributed by atoms with van der Waals surface area (Å²) in [7, 11) is 0. The summed E-state index contributed by atoms with van der Waals surface area (Å²) < 4.78 is 1.53. The lowest BCUT2D eigenvalue weighted by atomic mass is 10.2. The number of carbonyl (C=O) groups excluding carboxylic acids is 1. The Bertz CT molecular complexity index is 1030. The molecule has 0 bridgehead atoms. The van der Waals surface area contributed by atoms with E-state index < -0.39 is 0 Å². The summed E-state index contributed by atoms with van der Waals surface area (Å²) >= 11 is 1.84. The Hall–Kier alpha value is -2.87. The maximum atomic E-state index is 12.9. The van der Waals surface area contributed by atoms with Crippen LogP contribution in [-0.4, -0.2) is 31.1 Å². The van der Waals surface area contributed by atoms with E-state index in [1.165, 1.54) is 42.6 Å². The van der Waals surface area contributed by atoms with Gasteiger partial charge in [0.25, 0.3) is 11.5 Å². The van der Waals surface area contributed by atoms with Crippen LogP contribution < -0.4 is 10.9 Å². The maximum absolute atomic E-state index is 12.9. The summed E-state index contributed by atoms with van der Waals surface area (Å²) in [5, 5.41) is 14.2. The van der Waals surface area contributed by atoms with E-state index in [1.54, 1.807) is 13.0 Å². The van der Waals surface area contributed by atoms with E-state index in [0.717, 1.165) is 10.6 Å². The molecule has 8 heteroatoms. The lowest BCUT2D eigenvalue weighted by Crippen LogP contribution is -2.15. The first-order valence-electron chi connectivity index (χ1n) is 9.29. The minimum Gasteiger partial charge on any atom is -0.321 e. The summed E-state index contributed by atoms with van der Waals surface area (Å²) in [4.78, 5) is 25.2. The summed E-state index contributed by atoms with van der Waals surface area (Å²) in [6.07, 6.45) is 6.53. The van der Waals surface area contributed by atoms with Crippen molar-refractivity contribution in [2.24, 2.45) is 0 Å². The number of amides is 1. The Labute approximate surface area is 166 Å². The standard InChI is InChI=1S/C20H21N5O2S/c1-13-15(12-21-25(13)18-10-11-19(26)24-23-18)20(27)22-16-8-4-5-9-17(16)28-14-6-2-3-7-14/h4-5,8-12,14H,2-3,6-7H2,1H3,(H,22,27)(H,24,26). The highest BCUT2D eigenvalue weighted by Gasteiger charge is 2.20. The number of aromatic nitrogens is 4. The summed E-state index contributed by atoms with van der Waals surface area (Å²) in [6, 6.07) is 10.8. The fourth-order valence-corrected chi connectivity index (χ4v) is 4.70. The van der Waals surface area contributed by atoms with E-state index >= 15 is 0 Å². The van der Waals surface area contributed by atoms with Gasteiger partial charge in [0.1, 0.15) is 0 Å². The molecule has 1 aromatic carbocycles. The molecule has 1 aliphatic rings. The third kappa shape index (κ3) is 3.87. The van der Waals surface area contributed by atoms with Crippen molar-refractivity contribution in [3.05, 3.63) is 64.2 Å². The van der Waals surface area contributed by atoms with Crippen LogP contribution in [-0.2, 0) is 0 Å². The second-order valence-electron chi connectivity index (χ2n) is 6.81. The first-order valence-corrected chi connectivity index (χ1v) is 10.2. The van der Waals surface area contributed by atoms with Crippen LogP contribution in [0, 0.1) is 6.92 Å². The molecule has 4 rings (SSSR count). The molecule has 7 nitrogen and oxygen atoms in total. The van der Waals surface area contributed by atoms with Gasteiger partial charge >= 0.3 is 0 Å². The molecule has 0 aliphatic heterocycles. The monoisotopic (exact) mass is 395 g/mol. The van der Waals surface area contributed by atoms with Crippen LogP contribution in [0.3, 0.4) is 0 Å². The molecule has 28 heavy (non-hydrogen) atoms. The van der Waals surface area contributed by atoms with Gasteiger partial charge in [-0.25, -0.2) is 9.78 Å². The number of carbonyl (C=O) groups is 1. The third-order valence-electron chi connectivity index (χ3n) is 4.87. The molecule has 2 heterocycles. The molecule has 2 N–H and O–H groups in total. The highest BCUT2D eigenvalue weighted by Crippen LogP contribution is 2.38. The molecule has 0 radical (unpaired) electrons. The van der Waals surface area contributed by atoms with Crippen LogP contribution >= 0.6 is 11.8 Å². The van der Waals surface area contributed by atoms with E-state index in [1.807, 2.05) is 30.0 Å². The highest BCUT2D eigenvalue weighted by molar-refractivity contribution is 8.00. The number of hydrogen-bond donors (Lipinski definition) is 2. The molecular formula is C20H21N5O2S. The van der Waals surface area contributed by atoms with Crippen molar-refractivity contribution in [1.29, 1.82) is 0 Å². The van der Waals surface area contributed by atoms with Gasteiger partial charge in [0.15, 0.2) is 5.82 Å². The fraction of sp³-hybridized carbons (Fsp3) is 0.300. The number of H-pyrrole nitrogens is 1. The van der Waals surface area contributed by atoms with E-state index in [0.29, 0.717) is 22.3 Å². The highest BCUT2D eigenvalue weighted by atomic mass is 32.2. The maximum Gasteiger partial charge on any atom is 0.264 e.